The Kier molecular flexibility index (Phi) is 1.68. The van der Waals surface area contributed by atoms with Crippen LogP contribution in [0.1, 0.15) is 26.7 Å². The van der Waals surface area contributed by atoms with E-state index in [0.717, 1.165) is 12.8 Å². The summed E-state index contributed by atoms with van der Waals surface area (Å²) in [7, 11) is 0. The standard InChI is InChI=1S/C7H13NO2/c1-5(9)10-7(2,8)6-3-4-6/h6H,3-4,8H2,1-2H3. The van der Waals surface area contributed by atoms with Gasteiger partial charge in [-0.05, 0) is 19.8 Å². The third-order valence-corrected chi connectivity index (χ3v) is 1.75. The zero-order valence-electron chi connectivity index (χ0n) is 6.39. The van der Waals surface area contributed by atoms with Crippen LogP contribution >= 0.6 is 0 Å². The van der Waals surface area contributed by atoms with Crippen LogP contribution in [-0.2, 0) is 9.53 Å². The summed E-state index contributed by atoms with van der Waals surface area (Å²) in [4.78, 5) is 10.5. The molecule has 0 aromatic rings. The van der Waals surface area contributed by atoms with Gasteiger partial charge in [-0.1, -0.05) is 0 Å². The first kappa shape index (κ1) is 7.54. The van der Waals surface area contributed by atoms with Crippen molar-refractivity contribution < 1.29 is 9.53 Å². The first-order chi connectivity index (χ1) is 4.52. The maximum Gasteiger partial charge on any atom is 0.304 e. The molecular formula is C7H13NO2. The van der Waals surface area contributed by atoms with Crippen LogP contribution in [0.5, 0.6) is 0 Å². The summed E-state index contributed by atoms with van der Waals surface area (Å²) in [5.74, 6) is 0.0910. The molecule has 3 nitrogen and oxygen atoms in total. The van der Waals surface area contributed by atoms with Crippen molar-refractivity contribution in [3.05, 3.63) is 0 Å². The SMILES string of the molecule is CC(=O)OC(C)(N)C1CC1. The van der Waals surface area contributed by atoms with Gasteiger partial charge in [-0.2, -0.15) is 0 Å². The van der Waals surface area contributed by atoms with Crippen LogP contribution < -0.4 is 5.73 Å². The monoisotopic (exact) mass is 143 g/mol. The minimum Gasteiger partial charge on any atom is -0.444 e. The van der Waals surface area contributed by atoms with Gasteiger partial charge in [0.25, 0.3) is 0 Å². The van der Waals surface area contributed by atoms with Gasteiger partial charge in [0.2, 0.25) is 0 Å². The quantitative estimate of drug-likeness (QED) is 0.455. The molecule has 0 heterocycles. The van der Waals surface area contributed by atoms with E-state index in [2.05, 4.69) is 0 Å². The molecule has 3 heteroatoms. The number of rotatable bonds is 2. The predicted molar refractivity (Wildman–Crippen MR) is 37.1 cm³/mol. The van der Waals surface area contributed by atoms with Crippen molar-refractivity contribution in [3.8, 4) is 0 Å². The Balaban J connectivity index is 2.41. The highest BCUT2D eigenvalue weighted by molar-refractivity contribution is 5.66. The molecule has 0 aromatic heterocycles. The second-order valence-electron chi connectivity index (χ2n) is 3.05. The van der Waals surface area contributed by atoms with Crippen LogP contribution in [0.4, 0.5) is 0 Å². The molecule has 0 aliphatic heterocycles. The molecule has 0 bridgehead atoms. The summed E-state index contributed by atoms with van der Waals surface area (Å²) in [5.41, 5.74) is 4.96. The van der Waals surface area contributed by atoms with Crippen molar-refractivity contribution in [2.75, 3.05) is 0 Å². The van der Waals surface area contributed by atoms with Gasteiger partial charge in [0, 0.05) is 12.8 Å². The second-order valence-corrected chi connectivity index (χ2v) is 3.05. The van der Waals surface area contributed by atoms with Gasteiger partial charge >= 0.3 is 5.97 Å². The zero-order chi connectivity index (χ0) is 7.78. The maximum atomic E-state index is 10.5. The number of nitrogens with two attached hydrogens (primary N) is 1. The Labute approximate surface area is 60.5 Å². The van der Waals surface area contributed by atoms with E-state index < -0.39 is 5.72 Å². The molecule has 0 radical (unpaired) electrons. The summed E-state index contributed by atoms with van der Waals surface area (Å²) < 4.78 is 4.90. The molecule has 1 aliphatic rings. The summed E-state index contributed by atoms with van der Waals surface area (Å²) in [6.45, 7) is 3.14. The fourth-order valence-corrected chi connectivity index (χ4v) is 1.05. The normalized spacial score (nSPS) is 23.5. The number of carbonyl (C=O) groups excluding carboxylic acids is 1. The summed E-state index contributed by atoms with van der Waals surface area (Å²) in [6, 6.07) is 0. The van der Waals surface area contributed by atoms with E-state index in [1.807, 2.05) is 0 Å². The molecule has 1 atom stereocenters. The third kappa shape index (κ3) is 1.70. The number of esters is 1. The van der Waals surface area contributed by atoms with Crippen LogP contribution in [-0.4, -0.2) is 11.7 Å². The van der Waals surface area contributed by atoms with E-state index in [-0.39, 0.29) is 5.97 Å². The summed E-state index contributed by atoms with van der Waals surface area (Å²) in [6.07, 6.45) is 2.17. The van der Waals surface area contributed by atoms with Crippen LogP contribution in [0.2, 0.25) is 0 Å². The van der Waals surface area contributed by atoms with E-state index in [1.54, 1.807) is 6.92 Å². The van der Waals surface area contributed by atoms with Crippen LogP contribution in [0, 0.1) is 5.92 Å². The van der Waals surface area contributed by atoms with Gasteiger partial charge in [0.15, 0.2) is 5.72 Å². The number of ether oxygens (including phenoxy) is 1. The molecule has 1 saturated carbocycles. The van der Waals surface area contributed by atoms with Crippen molar-refractivity contribution in [1.29, 1.82) is 0 Å². The highest BCUT2D eigenvalue weighted by Gasteiger charge is 2.41. The minimum atomic E-state index is -0.716. The average molecular weight is 143 g/mol. The molecule has 2 N–H and O–H groups in total. The lowest BCUT2D eigenvalue weighted by molar-refractivity contribution is -0.156. The lowest BCUT2D eigenvalue weighted by Crippen LogP contribution is -2.42. The van der Waals surface area contributed by atoms with Crippen molar-refractivity contribution in [3.63, 3.8) is 0 Å². The van der Waals surface area contributed by atoms with Gasteiger partial charge in [-0.15, -0.1) is 0 Å². The molecule has 0 amide bonds. The fourth-order valence-electron chi connectivity index (χ4n) is 1.05. The Hall–Kier alpha value is -0.570. The van der Waals surface area contributed by atoms with Crippen LogP contribution in [0.3, 0.4) is 0 Å². The minimum absolute atomic E-state index is 0.295. The topological polar surface area (TPSA) is 52.3 Å². The molecular weight excluding hydrogens is 130 g/mol. The summed E-state index contributed by atoms with van der Waals surface area (Å²) in [5, 5.41) is 0. The lowest BCUT2D eigenvalue weighted by atomic mass is 10.2. The third-order valence-electron chi connectivity index (χ3n) is 1.75. The van der Waals surface area contributed by atoms with E-state index in [4.69, 9.17) is 10.5 Å². The van der Waals surface area contributed by atoms with Crippen molar-refractivity contribution in [2.45, 2.75) is 32.4 Å². The molecule has 1 fully saturated rings. The fraction of sp³-hybridized carbons (Fsp3) is 0.857. The molecule has 10 heavy (non-hydrogen) atoms. The first-order valence-electron chi connectivity index (χ1n) is 3.51. The maximum absolute atomic E-state index is 10.5. The Morgan fingerprint density at radius 2 is 2.20 bits per heavy atom. The van der Waals surface area contributed by atoms with E-state index >= 15 is 0 Å². The number of carbonyl (C=O) groups is 1. The summed E-state index contributed by atoms with van der Waals surface area (Å²) >= 11 is 0. The highest BCUT2D eigenvalue weighted by atomic mass is 16.6. The van der Waals surface area contributed by atoms with E-state index in [9.17, 15) is 4.79 Å². The average Bonchev–Trinajstić information content (AvgIpc) is 2.35. The molecule has 1 aliphatic carbocycles. The molecule has 1 unspecified atom stereocenters. The largest absolute Gasteiger partial charge is 0.444 e. The molecule has 0 aromatic carbocycles. The van der Waals surface area contributed by atoms with Crippen molar-refractivity contribution >= 4 is 5.97 Å². The smallest absolute Gasteiger partial charge is 0.304 e. The van der Waals surface area contributed by atoms with Gasteiger partial charge in [0.1, 0.15) is 0 Å². The van der Waals surface area contributed by atoms with Crippen LogP contribution in [0.25, 0.3) is 0 Å². The molecule has 58 valence electrons. The molecule has 0 spiro atoms. The van der Waals surface area contributed by atoms with Crippen molar-refractivity contribution in [1.82, 2.24) is 0 Å². The van der Waals surface area contributed by atoms with Crippen LogP contribution in [0.15, 0.2) is 0 Å². The second kappa shape index (κ2) is 2.23. The van der Waals surface area contributed by atoms with Gasteiger partial charge < -0.3 is 4.74 Å². The Morgan fingerprint density at radius 1 is 1.70 bits per heavy atom. The van der Waals surface area contributed by atoms with Crippen molar-refractivity contribution in [2.24, 2.45) is 11.7 Å². The van der Waals surface area contributed by atoms with Gasteiger partial charge in [-0.25, -0.2) is 0 Å². The predicted octanol–water partition coefficient (Wildman–Crippen LogP) is 0.634. The first-order valence-corrected chi connectivity index (χ1v) is 3.51. The molecule has 0 saturated heterocycles. The van der Waals surface area contributed by atoms with E-state index in [0.29, 0.717) is 5.92 Å². The van der Waals surface area contributed by atoms with Gasteiger partial charge in [0.05, 0.1) is 0 Å². The zero-order valence-corrected chi connectivity index (χ0v) is 6.39. The molecule has 1 rings (SSSR count). The van der Waals surface area contributed by atoms with E-state index in [1.165, 1.54) is 6.92 Å². The highest BCUT2D eigenvalue weighted by Crippen LogP contribution is 2.38. The Morgan fingerprint density at radius 3 is 2.50 bits per heavy atom. The lowest BCUT2D eigenvalue weighted by Gasteiger charge is -2.23. The number of hydrogen-bond donors (Lipinski definition) is 1. The number of hydrogen-bond acceptors (Lipinski definition) is 3. The Bertz CT molecular complexity index is 150. The van der Waals surface area contributed by atoms with Gasteiger partial charge in [-0.3, -0.25) is 10.5 Å².